The number of hydrogen-bond donors (Lipinski definition) is 1. The predicted octanol–water partition coefficient (Wildman–Crippen LogP) is 4.10. The first-order chi connectivity index (χ1) is 14.1. The van der Waals surface area contributed by atoms with Crippen LogP contribution in [0.3, 0.4) is 0 Å². The van der Waals surface area contributed by atoms with Gasteiger partial charge in [-0.2, -0.15) is 5.10 Å². The SMILES string of the molecule is C=C(c1cn2c(n1)-c1ccc(C3CCNCC3)cc1OCC2)N(N=CC)C(C)C. The van der Waals surface area contributed by atoms with Crippen molar-refractivity contribution in [3.8, 4) is 17.1 Å². The number of ether oxygens (including phenoxy) is 1. The van der Waals surface area contributed by atoms with E-state index in [1.54, 1.807) is 6.21 Å². The van der Waals surface area contributed by atoms with E-state index in [0.717, 1.165) is 48.2 Å². The number of benzene rings is 1. The fourth-order valence-corrected chi connectivity index (χ4v) is 4.20. The van der Waals surface area contributed by atoms with Crippen molar-refractivity contribution in [1.82, 2.24) is 19.9 Å². The molecule has 0 bridgehead atoms. The van der Waals surface area contributed by atoms with Crippen LogP contribution in [0.5, 0.6) is 5.75 Å². The molecule has 1 N–H and O–H groups in total. The minimum Gasteiger partial charge on any atom is -0.491 e. The Balaban J connectivity index is 1.67. The van der Waals surface area contributed by atoms with Crippen LogP contribution < -0.4 is 10.1 Å². The first-order valence-electron chi connectivity index (χ1n) is 10.6. The normalized spacial score (nSPS) is 17.0. The molecule has 1 saturated heterocycles. The second-order valence-corrected chi connectivity index (χ2v) is 8.03. The van der Waals surface area contributed by atoms with Crippen molar-refractivity contribution in [3.05, 3.63) is 42.2 Å². The van der Waals surface area contributed by atoms with E-state index in [2.05, 4.69) is 59.8 Å². The lowest BCUT2D eigenvalue weighted by Gasteiger charge is -2.24. The highest BCUT2D eigenvalue weighted by atomic mass is 16.5. The predicted molar refractivity (Wildman–Crippen MR) is 118 cm³/mol. The quantitative estimate of drug-likeness (QED) is 0.614. The van der Waals surface area contributed by atoms with E-state index in [4.69, 9.17) is 9.72 Å². The maximum absolute atomic E-state index is 6.11. The van der Waals surface area contributed by atoms with Crippen LogP contribution in [-0.2, 0) is 6.54 Å². The average molecular weight is 394 g/mol. The summed E-state index contributed by atoms with van der Waals surface area (Å²) in [6.07, 6.45) is 6.22. The van der Waals surface area contributed by atoms with E-state index < -0.39 is 0 Å². The van der Waals surface area contributed by atoms with Crippen molar-refractivity contribution in [2.45, 2.75) is 52.1 Å². The smallest absolute Gasteiger partial charge is 0.144 e. The van der Waals surface area contributed by atoms with Crippen LogP contribution in [0.4, 0.5) is 0 Å². The molecular weight excluding hydrogens is 362 g/mol. The molecule has 2 aliphatic rings. The monoisotopic (exact) mass is 393 g/mol. The molecule has 0 unspecified atom stereocenters. The highest BCUT2D eigenvalue weighted by molar-refractivity contribution is 5.70. The number of aromatic nitrogens is 2. The summed E-state index contributed by atoms with van der Waals surface area (Å²) in [7, 11) is 0. The van der Waals surface area contributed by atoms with Crippen molar-refractivity contribution >= 4 is 11.9 Å². The maximum Gasteiger partial charge on any atom is 0.144 e. The van der Waals surface area contributed by atoms with Gasteiger partial charge in [-0.25, -0.2) is 4.98 Å². The molecule has 6 heteroatoms. The summed E-state index contributed by atoms with van der Waals surface area (Å²) in [5.74, 6) is 2.49. The molecular formula is C23H31N5O. The summed E-state index contributed by atoms with van der Waals surface area (Å²) in [4.78, 5) is 4.94. The van der Waals surface area contributed by atoms with E-state index in [1.165, 1.54) is 18.4 Å². The number of fused-ring (bicyclic) bond motifs is 3. The fraction of sp³-hybridized carbons (Fsp3) is 0.478. The molecule has 154 valence electrons. The van der Waals surface area contributed by atoms with Gasteiger partial charge in [0.05, 0.1) is 17.8 Å². The molecule has 6 nitrogen and oxygen atoms in total. The number of nitrogens with one attached hydrogen (secondary N) is 1. The minimum absolute atomic E-state index is 0.211. The van der Waals surface area contributed by atoms with Crippen LogP contribution >= 0.6 is 0 Å². The summed E-state index contributed by atoms with van der Waals surface area (Å²) in [6.45, 7) is 14.0. The first kappa shape index (κ1) is 19.7. The van der Waals surface area contributed by atoms with Gasteiger partial charge in [0.15, 0.2) is 0 Å². The second-order valence-electron chi connectivity index (χ2n) is 8.03. The molecule has 29 heavy (non-hydrogen) atoms. The third kappa shape index (κ3) is 3.94. The fourth-order valence-electron chi connectivity index (χ4n) is 4.20. The summed E-state index contributed by atoms with van der Waals surface area (Å²) in [5, 5.41) is 9.82. The van der Waals surface area contributed by atoms with Gasteiger partial charge in [0.1, 0.15) is 23.9 Å². The molecule has 0 radical (unpaired) electrons. The molecule has 0 spiro atoms. The van der Waals surface area contributed by atoms with Crippen molar-refractivity contribution in [3.63, 3.8) is 0 Å². The molecule has 1 fully saturated rings. The number of nitrogens with zero attached hydrogens (tertiary/aromatic N) is 4. The lowest BCUT2D eigenvalue weighted by Crippen LogP contribution is -2.26. The Bertz CT molecular complexity index is 908. The van der Waals surface area contributed by atoms with Gasteiger partial charge in [0.2, 0.25) is 0 Å². The van der Waals surface area contributed by atoms with Crippen LogP contribution in [0.2, 0.25) is 0 Å². The standard InChI is InChI=1S/C23H31N5O/c1-5-25-28(16(2)3)17(4)21-15-27-12-13-29-22-14-19(18-8-10-24-11-9-18)6-7-20(22)23(27)26-21/h5-7,14-16,18,24H,4,8-13H2,1-3H3. The number of piperidine rings is 1. The van der Waals surface area contributed by atoms with Crippen LogP contribution in [0.25, 0.3) is 17.1 Å². The van der Waals surface area contributed by atoms with Crippen LogP contribution in [0, 0.1) is 0 Å². The Morgan fingerprint density at radius 1 is 1.38 bits per heavy atom. The molecule has 4 rings (SSSR count). The van der Waals surface area contributed by atoms with Gasteiger partial charge in [-0.05, 0) is 70.3 Å². The number of hydrogen-bond acceptors (Lipinski definition) is 5. The average Bonchev–Trinajstić information content (AvgIpc) is 3.08. The maximum atomic E-state index is 6.11. The van der Waals surface area contributed by atoms with Crippen LogP contribution in [0.15, 0.2) is 36.1 Å². The summed E-state index contributed by atoms with van der Waals surface area (Å²) in [6, 6.07) is 6.86. The Morgan fingerprint density at radius 2 is 2.17 bits per heavy atom. The third-order valence-corrected chi connectivity index (χ3v) is 5.72. The van der Waals surface area contributed by atoms with Gasteiger partial charge in [-0.1, -0.05) is 12.6 Å². The van der Waals surface area contributed by atoms with E-state index >= 15 is 0 Å². The van der Waals surface area contributed by atoms with E-state index in [1.807, 2.05) is 11.9 Å². The minimum atomic E-state index is 0.211. The molecule has 0 atom stereocenters. The van der Waals surface area contributed by atoms with Gasteiger partial charge in [-0.15, -0.1) is 0 Å². The number of rotatable bonds is 5. The van der Waals surface area contributed by atoms with E-state index in [9.17, 15) is 0 Å². The zero-order chi connectivity index (χ0) is 20.4. The van der Waals surface area contributed by atoms with Crippen LogP contribution in [-0.4, -0.2) is 46.5 Å². The first-order valence-corrected chi connectivity index (χ1v) is 10.6. The van der Waals surface area contributed by atoms with E-state index in [-0.39, 0.29) is 6.04 Å². The molecule has 1 aromatic carbocycles. The topological polar surface area (TPSA) is 54.7 Å². The zero-order valence-electron chi connectivity index (χ0n) is 17.7. The highest BCUT2D eigenvalue weighted by Gasteiger charge is 2.23. The Labute approximate surface area is 173 Å². The highest BCUT2D eigenvalue weighted by Crippen LogP contribution is 2.37. The third-order valence-electron chi connectivity index (χ3n) is 5.72. The zero-order valence-corrected chi connectivity index (χ0v) is 17.7. The molecule has 0 saturated carbocycles. The Kier molecular flexibility index (Phi) is 5.72. The van der Waals surface area contributed by atoms with Gasteiger partial charge in [0.25, 0.3) is 0 Å². The lowest BCUT2D eigenvalue weighted by molar-refractivity contribution is 0.306. The van der Waals surface area contributed by atoms with Crippen molar-refractivity contribution in [1.29, 1.82) is 0 Å². The summed E-state index contributed by atoms with van der Waals surface area (Å²) in [5.41, 5.74) is 4.09. The van der Waals surface area contributed by atoms with Gasteiger partial charge in [-0.3, -0.25) is 5.01 Å². The summed E-state index contributed by atoms with van der Waals surface area (Å²) >= 11 is 0. The molecule has 2 aliphatic heterocycles. The number of imidazole rings is 1. The molecule has 0 amide bonds. The lowest BCUT2D eigenvalue weighted by atomic mass is 9.89. The number of hydrazone groups is 1. The molecule has 2 aromatic rings. The molecule has 0 aliphatic carbocycles. The largest absolute Gasteiger partial charge is 0.491 e. The van der Waals surface area contributed by atoms with E-state index in [0.29, 0.717) is 12.5 Å². The van der Waals surface area contributed by atoms with Gasteiger partial charge in [0, 0.05) is 18.5 Å². The van der Waals surface area contributed by atoms with Crippen molar-refractivity contribution in [2.24, 2.45) is 5.10 Å². The molecule has 3 heterocycles. The molecule has 1 aromatic heterocycles. The Morgan fingerprint density at radius 3 is 2.90 bits per heavy atom. The van der Waals surface area contributed by atoms with Crippen molar-refractivity contribution in [2.75, 3.05) is 19.7 Å². The van der Waals surface area contributed by atoms with Gasteiger partial charge >= 0.3 is 0 Å². The van der Waals surface area contributed by atoms with Gasteiger partial charge < -0.3 is 14.6 Å². The Hall–Kier alpha value is -2.60. The second kappa shape index (κ2) is 8.41. The summed E-state index contributed by atoms with van der Waals surface area (Å²) < 4.78 is 8.28. The van der Waals surface area contributed by atoms with Crippen molar-refractivity contribution < 1.29 is 4.74 Å². The van der Waals surface area contributed by atoms with Crippen LogP contribution in [0.1, 0.15) is 50.8 Å².